The van der Waals surface area contributed by atoms with Crippen LogP contribution in [-0.2, 0) is 61.8 Å². The number of carbonyl (C=O) groups is 5. The van der Waals surface area contributed by atoms with Crippen molar-refractivity contribution in [2.24, 2.45) is 29.6 Å². The first-order valence-corrected chi connectivity index (χ1v) is 40.3. The van der Waals surface area contributed by atoms with Gasteiger partial charge in [-0.25, -0.2) is 9.59 Å². The minimum Gasteiger partial charge on any atom is -0.481 e. The molecule has 0 amide bonds. The van der Waals surface area contributed by atoms with Gasteiger partial charge in [0.2, 0.25) is 0 Å². The molecule has 9 unspecified atom stereocenters. The summed E-state index contributed by atoms with van der Waals surface area (Å²) in [6, 6.07) is 17.9. The van der Waals surface area contributed by atoms with Gasteiger partial charge in [0.15, 0.2) is 31.1 Å². The number of aliphatic hydroxyl groups is 5. The quantitative estimate of drug-likeness (QED) is 0.0204. The number of esters is 4. The van der Waals surface area contributed by atoms with Crippen molar-refractivity contribution in [1.82, 2.24) is 0 Å². The second kappa shape index (κ2) is 56.6. The van der Waals surface area contributed by atoms with Crippen LogP contribution in [-0.4, -0.2) is 173 Å². The number of carboxylic acids is 1. The first-order chi connectivity index (χ1) is 50.0. The van der Waals surface area contributed by atoms with E-state index in [9.17, 15) is 49.5 Å². The molecule has 2 aromatic carbocycles. The molecule has 0 bridgehead atoms. The van der Waals surface area contributed by atoms with Crippen molar-refractivity contribution in [2.45, 2.75) is 361 Å². The molecule has 21 nitrogen and oxygen atoms in total. The van der Waals surface area contributed by atoms with E-state index < -0.39 is 73.7 Å². The van der Waals surface area contributed by atoms with Gasteiger partial charge >= 0.3 is 29.8 Å². The highest BCUT2D eigenvalue weighted by atomic mass is 16.7. The number of rotatable bonds is 51. The summed E-state index contributed by atoms with van der Waals surface area (Å²) in [5.74, 6) is -2.02. The maximum atomic E-state index is 12.7. The number of hydrogen-bond donors (Lipinski definition) is 6. The molecule has 0 aliphatic carbocycles. The molecule has 3 heterocycles. The van der Waals surface area contributed by atoms with E-state index in [4.69, 9.17) is 52.5 Å². The molecule has 3 saturated heterocycles. The van der Waals surface area contributed by atoms with Crippen molar-refractivity contribution >= 4 is 29.8 Å². The molecule has 6 N–H and O–H groups in total. The summed E-state index contributed by atoms with van der Waals surface area (Å²) in [5.41, 5.74) is 0.993. The third-order valence-corrected chi connectivity index (χ3v) is 20.1. The Morgan fingerprint density at radius 2 is 0.731 bits per heavy atom. The van der Waals surface area contributed by atoms with Gasteiger partial charge in [0.1, 0.15) is 6.10 Å². The number of benzene rings is 2. The third kappa shape index (κ3) is 41.6. The monoisotopic (exact) mass is 1470 g/mol. The van der Waals surface area contributed by atoms with Crippen LogP contribution in [0.3, 0.4) is 0 Å². The minimum absolute atomic E-state index is 0.00273. The van der Waals surface area contributed by atoms with E-state index in [2.05, 4.69) is 34.6 Å². The van der Waals surface area contributed by atoms with Gasteiger partial charge in [-0.15, -0.1) is 0 Å². The van der Waals surface area contributed by atoms with E-state index in [1.807, 2.05) is 50.2 Å². The number of carboxylic acid groups (broad SMARTS) is 1. The molecule has 5 rings (SSSR count). The first-order valence-electron chi connectivity index (χ1n) is 40.3. The van der Waals surface area contributed by atoms with Gasteiger partial charge in [-0.3, -0.25) is 14.4 Å². The molecule has 0 radical (unpaired) electrons. The lowest BCUT2D eigenvalue weighted by atomic mass is 9.93. The number of aliphatic carboxylic acids is 1. The van der Waals surface area contributed by atoms with Crippen molar-refractivity contribution in [1.29, 1.82) is 0 Å². The van der Waals surface area contributed by atoms with Crippen LogP contribution in [0.15, 0.2) is 60.7 Å². The smallest absolute Gasteiger partial charge is 0.338 e. The Morgan fingerprint density at radius 1 is 0.413 bits per heavy atom. The maximum Gasteiger partial charge on any atom is 0.338 e. The SMILES string of the molecule is CCCCCCCCCC(CO[C@@H]1OC(C)[C@H](C)CC1OC(=O)c1ccccc1)C[C@@H](O)CC(=O)OCC.CCCCCCCCCC(CO[C@@H]1OC(C)[C@H](C)CC1OC(=O)c1ccccc1)C[C@@H](O)CC(=O)OCC.CCCCCCCCCC(CO[C@@H]1OC(C)[C@H](O)CC1O)C[C@@H](O)CC(=O)O. The number of hydrogen-bond acceptors (Lipinski definition) is 20. The maximum absolute atomic E-state index is 12.7. The Labute approximate surface area is 624 Å². The fraction of sp³-hybridized carbons (Fsp3) is 0.795. The number of ether oxygens (including phenoxy) is 10. The number of carbonyl (C=O) groups excluding carboxylic acids is 4. The number of unbranched alkanes of at least 4 members (excludes halogenated alkanes) is 18. The highest BCUT2D eigenvalue weighted by molar-refractivity contribution is 5.90. The Morgan fingerprint density at radius 3 is 1.07 bits per heavy atom. The minimum atomic E-state index is -1.02. The van der Waals surface area contributed by atoms with E-state index >= 15 is 0 Å². The van der Waals surface area contributed by atoms with Crippen molar-refractivity contribution in [2.75, 3.05) is 33.0 Å². The van der Waals surface area contributed by atoms with Crippen LogP contribution >= 0.6 is 0 Å². The molecule has 2 aromatic rings. The summed E-state index contributed by atoms with van der Waals surface area (Å²) < 4.78 is 57.8. The zero-order valence-corrected chi connectivity index (χ0v) is 65.3. The van der Waals surface area contributed by atoms with E-state index in [0.717, 1.165) is 57.8 Å². The van der Waals surface area contributed by atoms with Crippen molar-refractivity contribution < 1.29 is 102 Å². The highest BCUT2D eigenvalue weighted by Gasteiger charge is 2.40. The molecule has 18 atom stereocenters. The van der Waals surface area contributed by atoms with Crippen LogP contribution < -0.4 is 0 Å². The molecular weight excluding hydrogens is 1330 g/mol. The lowest BCUT2D eigenvalue weighted by Crippen LogP contribution is -2.47. The van der Waals surface area contributed by atoms with E-state index in [-0.39, 0.29) is 98.0 Å². The second-order valence-corrected chi connectivity index (χ2v) is 29.7. The largest absolute Gasteiger partial charge is 0.481 e. The molecular formula is C83H140O21. The third-order valence-electron chi connectivity index (χ3n) is 20.1. The van der Waals surface area contributed by atoms with Crippen LogP contribution in [0.25, 0.3) is 0 Å². The normalized spacial score (nSPS) is 24.2. The molecule has 3 fully saturated rings. The summed E-state index contributed by atoms with van der Waals surface area (Å²) in [6.45, 7) is 21.7. The summed E-state index contributed by atoms with van der Waals surface area (Å²) >= 11 is 0. The van der Waals surface area contributed by atoms with Crippen LogP contribution in [0, 0.1) is 29.6 Å². The van der Waals surface area contributed by atoms with E-state index in [1.165, 1.54) is 96.3 Å². The van der Waals surface area contributed by atoms with Crippen LogP contribution in [0.5, 0.6) is 0 Å². The molecule has 104 heavy (non-hydrogen) atoms. The predicted octanol–water partition coefficient (Wildman–Crippen LogP) is 15.8. The van der Waals surface area contributed by atoms with Gasteiger partial charge in [-0.05, 0) is 140 Å². The Kier molecular flexibility index (Phi) is 50.9. The summed E-state index contributed by atoms with van der Waals surface area (Å²) in [7, 11) is 0. The molecule has 0 aromatic heterocycles. The molecule has 598 valence electrons. The Balaban J connectivity index is 0.000000411. The average Bonchev–Trinajstić information content (AvgIpc) is 0.830. The summed E-state index contributed by atoms with van der Waals surface area (Å²) in [5, 5.41) is 59.8. The highest BCUT2D eigenvalue weighted by Crippen LogP contribution is 2.33. The number of aliphatic hydroxyl groups excluding tert-OH is 5. The zero-order valence-electron chi connectivity index (χ0n) is 65.3. The predicted molar refractivity (Wildman–Crippen MR) is 401 cm³/mol. The molecule has 21 heteroatoms. The Hall–Kier alpha value is -4.65. The van der Waals surface area contributed by atoms with Gasteiger partial charge in [0, 0.05) is 6.42 Å². The van der Waals surface area contributed by atoms with Gasteiger partial charge < -0.3 is 78.0 Å². The summed E-state index contributed by atoms with van der Waals surface area (Å²) in [4.78, 5) is 60.1. The fourth-order valence-electron chi connectivity index (χ4n) is 13.5. The molecule has 3 aliphatic rings. The van der Waals surface area contributed by atoms with E-state index in [0.29, 0.717) is 69.7 Å². The van der Waals surface area contributed by atoms with Crippen molar-refractivity contribution in [3.63, 3.8) is 0 Å². The van der Waals surface area contributed by atoms with Gasteiger partial charge in [-0.1, -0.05) is 206 Å². The van der Waals surface area contributed by atoms with Gasteiger partial charge in [0.25, 0.3) is 0 Å². The van der Waals surface area contributed by atoms with Crippen molar-refractivity contribution in [3.8, 4) is 0 Å². The molecule has 0 saturated carbocycles. The van der Waals surface area contributed by atoms with Crippen LogP contribution in [0.2, 0.25) is 0 Å². The second-order valence-electron chi connectivity index (χ2n) is 29.7. The Bertz CT molecular complexity index is 2380. The lowest BCUT2D eigenvalue weighted by Gasteiger charge is -2.38. The molecule has 0 spiro atoms. The van der Waals surface area contributed by atoms with Gasteiger partial charge in [-0.2, -0.15) is 0 Å². The lowest BCUT2D eigenvalue weighted by molar-refractivity contribution is -0.264. The average molecular weight is 1470 g/mol. The van der Waals surface area contributed by atoms with E-state index in [1.54, 1.807) is 45.0 Å². The topological polar surface area (TPSA) is 299 Å². The fourth-order valence-corrected chi connectivity index (χ4v) is 13.5. The van der Waals surface area contributed by atoms with Crippen molar-refractivity contribution in [3.05, 3.63) is 71.8 Å². The summed E-state index contributed by atoms with van der Waals surface area (Å²) in [6.07, 6.45) is 22.5. The molecule has 3 aliphatic heterocycles. The van der Waals surface area contributed by atoms with Crippen LogP contribution in [0.1, 0.15) is 302 Å². The first kappa shape index (κ1) is 93.6. The standard InChI is InChI=1S/2C31H50O7.C21H40O7/c2*1-5-7-8-9-10-11-13-16-25(20-27(32)21-29(33)35-6-2)22-36-31-28(19-23(3)24(4)37-31)38-30(34)26-17-14-12-15-18-26;1-3-4-5-6-7-8-9-10-16(11-17(22)12-20(25)26)14-27-21-19(24)13-18(23)15(2)28-21/h2*12,14-15,17-18,23-25,27-28,31-32H,5-11,13,16,19-22H2,1-4H3;15-19,21-24H,3-14H2,1-2H3,(H,25,26)/t2*23-,24?,25?,27-,28?,31-;15?,16?,17-,18-,19?,21-/m111/s1. The van der Waals surface area contributed by atoms with Gasteiger partial charge in [0.05, 0.1) is 106 Å². The van der Waals surface area contributed by atoms with Crippen LogP contribution in [0.4, 0.5) is 0 Å². The zero-order chi connectivity index (χ0) is 76.4.